The molecule has 1 aromatic heterocycles. The lowest BCUT2D eigenvalue weighted by Crippen LogP contribution is -2.13. The predicted molar refractivity (Wildman–Crippen MR) is 78.5 cm³/mol. The molecule has 2 N–H and O–H groups in total. The molecular formula is C16H17NO4. The smallest absolute Gasteiger partial charge is 0.307 e. The van der Waals surface area contributed by atoms with Crippen molar-refractivity contribution in [3.05, 3.63) is 53.5 Å². The Morgan fingerprint density at radius 1 is 1.19 bits per heavy atom. The second kappa shape index (κ2) is 6.26. The highest BCUT2D eigenvalue weighted by Gasteiger charge is 2.17. The van der Waals surface area contributed by atoms with E-state index in [0.717, 1.165) is 0 Å². The molecule has 0 atom stereocenters. The highest BCUT2D eigenvalue weighted by molar-refractivity contribution is 6.05. The molecule has 0 saturated carbocycles. The number of carboxylic acid groups (broad SMARTS) is 1. The summed E-state index contributed by atoms with van der Waals surface area (Å²) in [6.45, 7) is 3.91. The van der Waals surface area contributed by atoms with Crippen LogP contribution in [0.15, 0.2) is 41.0 Å². The Balaban J connectivity index is 2.09. The average molecular weight is 287 g/mol. The molecule has 110 valence electrons. The number of amides is 1. The average Bonchev–Trinajstić information content (AvgIpc) is 2.90. The van der Waals surface area contributed by atoms with Crippen molar-refractivity contribution in [1.82, 2.24) is 0 Å². The maximum absolute atomic E-state index is 12.2. The lowest BCUT2D eigenvalue weighted by atomic mass is 10.1. The molecule has 1 aromatic carbocycles. The van der Waals surface area contributed by atoms with Gasteiger partial charge in [-0.05, 0) is 23.8 Å². The summed E-state index contributed by atoms with van der Waals surface area (Å²) in [6.07, 6.45) is 1.47. The largest absolute Gasteiger partial charge is 0.481 e. The molecule has 0 fully saturated rings. The van der Waals surface area contributed by atoms with E-state index >= 15 is 0 Å². The van der Waals surface area contributed by atoms with Gasteiger partial charge in [-0.3, -0.25) is 9.59 Å². The summed E-state index contributed by atoms with van der Waals surface area (Å²) in [7, 11) is 0. The van der Waals surface area contributed by atoms with E-state index in [1.165, 1.54) is 6.26 Å². The van der Waals surface area contributed by atoms with Crippen LogP contribution >= 0.6 is 0 Å². The van der Waals surface area contributed by atoms with Gasteiger partial charge < -0.3 is 14.8 Å². The first-order valence-electron chi connectivity index (χ1n) is 6.67. The third-order valence-corrected chi connectivity index (χ3v) is 3.03. The Labute approximate surface area is 122 Å². The van der Waals surface area contributed by atoms with Crippen LogP contribution in [0.3, 0.4) is 0 Å². The van der Waals surface area contributed by atoms with Gasteiger partial charge in [-0.25, -0.2) is 0 Å². The Hall–Kier alpha value is -2.56. The van der Waals surface area contributed by atoms with Gasteiger partial charge in [-0.1, -0.05) is 26.0 Å². The van der Waals surface area contributed by atoms with E-state index in [0.29, 0.717) is 22.6 Å². The van der Waals surface area contributed by atoms with E-state index < -0.39 is 5.97 Å². The normalized spacial score (nSPS) is 10.6. The number of anilines is 1. The zero-order chi connectivity index (χ0) is 15.4. The standard InChI is InChI=1S/C16H17NO4/c1-10(2)15-13(7-8-21-15)16(20)17-12-5-3-11(4-6-12)9-14(18)19/h3-8,10H,9H2,1-2H3,(H,17,20)(H,18,19). The first-order chi connectivity index (χ1) is 9.97. The Morgan fingerprint density at radius 2 is 1.86 bits per heavy atom. The minimum absolute atomic E-state index is 0.0343. The summed E-state index contributed by atoms with van der Waals surface area (Å²) in [6, 6.07) is 8.38. The van der Waals surface area contributed by atoms with Crippen LogP contribution in [0.1, 0.15) is 41.4 Å². The van der Waals surface area contributed by atoms with E-state index in [2.05, 4.69) is 5.32 Å². The molecule has 0 aliphatic heterocycles. The monoisotopic (exact) mass is 287 g/mol. The van der Waals surface area contributed by atoms with E-state index in [4.69, 9.17) is 9.52 Å². The third kappa shape index (κ3) is 3.72. The number of hydrogen-bond acceptors (Lipinski definition) is 3. The summed E-state index contributed by atoms with van der Waals surface area (Å²) < 4.78 is 5.32. The van der Waals surface area contributed by atoms with Crippen molar-refractivity contribution in [2.24, 2.45) is 0 Å². The van der Waals surface area contributed by atoms with Crippen molar-refractivity contribution < 1.29 is 19.1 Å². The van der Waals surface area contributed by atoms with Crippen LogP contribution in [-0.4, -0.2) is 17.0 Å². The van der Waals surface area contributed by atoms with Crippen LogP contribution in [0.4, 0.5) is 5.69 Å². The van der Waals surface area contributed by atoms with Gasteiger partial charge in [0.1, 0.15) is 5.76 Å². The molecule has 5 heteroatoms. The second-order valence-electron chi connectivity index (χ2n) is 5.07. The SMILES string of the molecule is CC(C)c1occc1C(=O)Nc1ccc(CC(=O)O)cc1. The fourth-order valence-electron chi connectivity index (χ4n) is 2.03. The van der Waals surface area contributed by atoms with Crippen LogP contribution in [0.2, 0.25) is 0 Å². The van der Waals surface area contributed by atoms with E-state index in [-0.39, 0.29) is 18.2 Å². The van der Waals surface area contributed by atoms with Crippen molar-refractivity contribution in [1.29, 1.82) is 0 Å². The molecule has 1 heterocycles. The van der Waals surface area contributed by atoms with Gasteiger partial charge in [0.15, 0.2) is 0 Å². The maximum atomic E-state index is 12.2. The van der Waals surface area contributed by atoms with Crippen molar-refractivity contribution in [3.63, 3.8) is 0 Å². The Morgan fingerprint density at radius 3 is 2.43 bits per heavy atom. The molecule has 0 saturated heterocycles. The molecule has 0 radical (unpaired) electrons. The minimum Gasteiger partial charge on any atom is -0.481 e. The molecular weight excluding hydrogens is 270 g/mol. The van der Waals surface area contributed by atoms with Crippen LogP contribution in [-0.2, 0) is 11.2 Å². The summed E-state index contributed by atoms with van der Waals surface area (Å²) in [5.41, 5.74) is 1.82. The minimum atomic E-state index is -0.883. The number of furan rings is 1. The molecule has 21 heavy (non-hydrogen) atoms. The number of hydrogen-bond donors (Lipinski definition) is 2. The topological polar surface area (TPSA) is 79.5 Å². The first kappa shape index (κ1) is 14.8. The van der Waals surface area contributed by atoms with Gasteiger partial charge in [0, 0.05) is 11.6 Å². The van der Waals surface area contributed by atoms with Crippen molar-refractivity contribution in [3.8, 4) is 0 Å². The summed E-state index contributed by atoms with van der Waals surface area (Å²) >= 11 is 0. The van der Waals surface area contributed by atoms with Crippen LogP contribution < -0.4 is 5.32 Å². The predicted octanol–water partition coefficient (Wildman–Crippen LogP) is 3.28. The molecule has 2 rings (SSSR count). The molecule has 0 aliphatic carbocycles. The highest BCUT2D eigenvalue weighted by atomic mass is 16.4. The number of carboxylic acids is 1. The quantitative estimate of drug-likeness (QED) is 0.884. The van der Waals surface area contributed by atoms with Gasteiger partial charge >= 0.3 is 5.97 Å². The van der Waals surface area contributed by atoms with E-state index in [1.54, 1.807) is 30.3 Å². The van der Waals surface area contributed by atoms with Crippen LogP contribution in [0.25, 0.3) is 0 Å². The van der Waals surface area contributed by atoms with E-state index in [9.17, 15) is 9.59 Å². The van der Waals surface area contributed by atoms with Crippen LogP contribution in [0, 0.1) is 0 Å². The summed E-state index contributed by atoms with van der Waals surface area (Å²) in [5.74, 6) is -0.348. The Bertz CT molecular complexity index is 641. The summed E-state index contributed by atoms with van der Waals surface area (Å²) in [5, 5.41) is 11.5. The van der Waals surface area contributed by atoms with Crippen molar-refractivity contribution in [2.75, 3.05) is 5.32 Å². The maximum Gasteiger partial charge on any atom is 0.307 e. The summed E-state index contributed by atoms with van der Waals surface area (Å²) in [4.78, 5) is 22.8. The Kier molecular flexibility index (Phi) is 4.42. The molecule has 5 nitrogen and oxygen atoms in total. The number of carbonyl (C=O) groups is 2. The number of carbonyl (C=O) groups excluding carboxylic acids is 1. The number of benzene rings is 1. The second-order valence-corrected chi connectivity index (χ2v) is 5.07. The van der Waals surface area contributed by atoms with Gasteiger partial charge in [0.25, 0.3) is 5.91 Å². The van der Waals surface area contributed by atoms with Crippen molar-refractivity contribution in [2.45, 2.75) is 26.2 Å². The number of rotatable bonds is 5. The van der Waals surface area contributed by atoms with Crippen molar-refractivity contribution >= 4 is 17.6 Å². The first-order valence-corrected chi connectivity index (χ1v) is 6.67. The fourth-order valence-corrected chi connectivity index (χ4v) is 2.03. The van der Waals surface area contributed by atoms with Gasteiger partial charge in [0.05, 0.1) is 18.2 Å². The van der Waals surface area contributed by atoms with Gasteiger partial charge in [-0.2, -0.15) is 0 Å². The molecule has 0 bridgehead atoms. The molecule has 0 unspecified atom stereocenters. The fraction of sp³-hybridized carbons (Fsp3) is 0.250. The van der Waals surface area contributed by atoms with Crippen LogP contribution in [0.5, 0.6) is 0 Å². The third-order valence-electron chi connectivity index (χ3n) is 3.03. The lowest BCUT2D eigenvalue weighted by Gasteiger charge is -2.07. The number of nitrogens with one attached hydrogen (secondary N) is 1. The molecule has 0 aliphatic rings. The molecule has 2 aromatic rings. The molecule has 1 amide bonds. The number of aliphatic carboxylic acids is 1. The van der Waals surface area contributed by atoms with Gasteiger partial charge in [0.2, 0.25) is 0 Å². The van der Waals surface area contributed by atoms with E-state index in [1.807, 2.05) is 13.8 Å². The zero-order valence-electron chi connectivity index (χ0n) is 11.9. The van der Waals surface area contributed by atoms with Gasteiger partial charge in [-0.15, -0.1) is 0 Å². The highest BCUT2D eigenvalue weighted by Crippen LogP contribution is 2.21. The zero-order valence-corrected chi connectivity index (χ0v) is 11.9. The lowest BCUT2D eigenvalue weighted by molar-refractivity contribution is -0.136. The molecule has 0 spiro atoms.